The molecule has 4 aromatic rings. The van der Waals surface area contributed by atoms with E-state index in [-0.39, 0.29) is 16.5 Å². The molecule has 12 heteroatoms. The van der Waals surface area contributed by atoms with Crippen molar-refractivity contribution in [3.05, 3.63) is 82.7 Å². The van der Waals surface area contributed by atoms with Crippen LogP contribution in [-0.4, -0.2) is 34.5 Å². The lowest BCUT2D eigenvalue weighted by molar-refractivity contribution is 0.102. The number of halogens is 2. The van der Waals surface area contributed by atoms with Crippen LogP contribution in [0.2, 0.25) is 10.0 Å². The molecule has 0 aliphatic rings. The Morgan fingerprint density at radius 1 is 0.969 bits per heavy atom. The van der Waals surface area contributed by atoms with Crippen molar-refractivity contribution in [1.82, 2.24) is 20.2 Å². The van der Waals surface area contributed by atoms with Crippen LogP contribution in [0.25, 0.3) is 11.3 Å². The van der Waals surface area contributed by atoms with Crippen LogP contribution in [0.15, 0.2) is 71.9 Å². The number of carbonyl (C=O) groups excluding carboxylic acids is 1. The van der Waals surface area contributed by atoms with Crippen LogP contribution in [-0.2, 0) is 10.0 Å². The molecule has 2 aromatic carbocycles. The molecule has 9 nitrogen and oxygen atoms in total. The van der Waals surface area contributed by atoms with Gasteiger partial charge in [-0.15, -0.1) is 0 Å². The highest BCUT2D eigenvalue weighted by molar-refractivity contribution is 7.92. The number of H-pyrrole nitrogens is 1. The molecule has 0 aliphatic carbocycles. The predicted octanol–water partition coefficient (Wildman–Crippen LogP) is 4.23. The second-order valence-corrected chi connectivity index (χ2v) is 8.97. The zero-order valence-corrected chi connectivity index (χ0v) is 18.4. The molecule has 32 heavy (non-hydrogen) atoms. The van der Waals surface area contributed by atoms with Crippen molar-refractivity contribution in [2.75, 3.05) is 10.0 Å². The second-order valence-electron chi connectivity index (χ2n) is 6.45. The summed E-state index contributed by atoms with van der Waals surface area (Å²) in [6.07, 6.45) is 2.84. The van der Waals surface area contributed by atoms with E-state index < -0.39 is 15.9 Å². The van der Waals surface area contributed by atoms with Gasteiger partial charge in [-0.1, -0.05) is 23.2 Å². The van der Waals surface area contributed by atoms with Crippen molar-refractivity contribution < 1.29 is 13.2 Å². The summed E-state index contributed by atoms with van der Waals surface area (Å²) in [5, 5.41) is 10.3. The molecular formula is C20H14Cl2N6O3S. The predicted molar refractivity (Wildman–Crippen MR) is 121 cm³/mol. The molecule has 0 bridgehead atoms. The third-order valence-electron chi connectivity index (χ3n) is 4.24. The van der Waals surface area contributed by atoms with Gasteiger partial charge in [-0.25, -0.2) is 23.1 Å². The van der Waals surface area contributed by atoms with Gasteiger partial charge in [0, 0.05) is 28.7 Å². The zero-order valence-electron chi connectivity index (χ0n) is 16.1. The van der Waals surface area contributed by atoms with Gasteiger partial charge in [0.2, 0.25) is 5.95 Å². The van der Waals surface area contributed by atoms with E-state index in [0.29, 0.717) is 27.0 Å². The number of sulfonamides is 1. The molecule has 4 rings (SSSR count). The molecule has 2 aromatic heterocycles. The highest BCUT2D eigenvalue weighted by atomic mass is 35.5. The van der Waals surface area contributed by atoms with Crippen LogP contribution in [0.5, 0.6) is 0 Å². The lowest BCUT2D eigenvalue weighted by atomic mass is 10.1. The van der Waals surface area contributed by atoms with E-state index >= 15 is 0 Å². The molecule has 0 saturated heterocycles. The smallest absolute Gasteiger partial charge is 0.273 e. The number of aromatic nitrogens is 4. The summed E-state index contributed by atoms with van der Waals surface area (Å²) >= 11 is 12.1. The highest BCUT2D eigenvalue weighted by Gasteiger charge is 2.17. The van der Waals surface area contributed by atoms with Crippen molar-refractivity contribution in [3.63, 3.8) is 0 Å². The molecule has 0 atom stereocenters. The van der Waals surface area contributed by atoms with Crippen molar-refractivity contribution in [3.8, 4) is 11.3 Å². The van der Waals surface area contributed by atoms with Gasteiger partial charge in [0.25, 0.3) is 15.9 Å². The molecule has 1 amide bonds. The highest BCUT2D eigenvalue weighted by Crippen LogP contribution is 2.29. The van der Waals surface area contributed by atoms with Crippen molar-refractivity contribution in [1.29, 1.82) is 0 Å². The number of aromatic amines is 1. The fraction of sp³-hybridized carbons (Fsp3) is 0. The van der Waals surface area contributed by atoms with Gasteiger partial charge in [0.1, 0.15) is 5.69 Å². The molecule has 0 spiro atoms. The van der Waals surface area contributed by atoms with E-state index in [9.17, 15) is 13.2 Å². The van der Waals surface area contributed by atoms with Crippen molar-refractivity contribution in [2.24, 2.45) is 0 Å². The standard InChI is InChI=1S/C20H14Cl2N6O3S/c21-12-2-7-15(16(22)10-12)17-11-18(27-26-17)19(29)25-13-3-5-14(6-4-13)32(30,31)28-20-23-8-1-9-24-20/h1-11H,(H,25,29)(H,26,27)(H,23,24,28). The molecule has 0 radical (unpaired) electrons. The third-order valence-corrected chi connectivity index (χ3v) is 6.14. The number of nitrogens with one attached hydrogen (secondary N) is 3. The van der Waals surface area contributed by atoms with E-state index in [0.717, 1.165) is 0 Å². The van der Waals surface area contributed by atoms with Gasteiger partial charge in [-0.05, 0) is 54.6 Å². The number of hydrogen-bond donors (Lipinski definition) is 3. The summed E-state index contributed by atoms with van der Waals surface area (Å²) in [5.41, 5.74) is 1.69. The van der Waals surface area contributed by atoms with E-state index in [2.05, 4.69) is 30.2 Å². The summed E-state index contributed by atoms with van der Waals surface area (Å²) in [7, 11) is -3.87. The summed E-state index contributed by atoms with van der Waals surface area (Å²) < 4.78 is 27.1. The number of carbonyl (C=O) groups is 1. The molecule has 2 heterocycles. The fourth-order valence-electron chi connectivity index (χ4n) is 2.72. The van der Waals surface area contributed by atoms with Crippen LogP contribution in [0, 0.1) is 0 Å². The third kappa shape index (κ3) is 4.88. The fourth-order valence-corrected chi connectivity index (χ4v) is 4.18. The second kappa shape index (κ2) is 8.95. The Morgan fingerprint density at radius 2 is 1.69 bits per heavy atom. The Bertz CT molecular complexity index is 1380. The molecular weight excluding hydrogens is 475 g/mol. The average Bonchev–Trinajstić information content (AvgIpc) is 3.25. The monoisotopic (exact) mass is 488 g/mol. The molecule has 0 saturated carbocycles. The molecule has 0 aliphatic heterocycles. The normalized spacial score (nSPS) is 11.2. The quantitative estimate of drug-likeness (QED) is 0.372. The molecule has 162 valence electrons. The Morgan fingerprint density at radius 3 is 2.38 bits per heavy atom. The first-order chi connectivity index (χ1) is 15.3. The first-order valence-corrected chi connectivity index (χ1v) is 11.3. The number of benzene rings is 2. The van der Waals surface area contributed by atoms with E-state index in [1.165, 1.54) is 36.7 Å². The first-order valence-electron chi connectivity index (χ1n) is 9.04. The minimum atomic E-state index is -3.87. The van der Waals surface area contributed by atoms with E-state index in [4.69, 9.17) is 23.2 Å². The minimum Gasteiger partial charge on any atom is -0.321 e. The molecule has 3 N–H and O–H groups in total. The number of hydrogen-bond acceptors (Lipinski definition) is 6. The maximum Gasteiger partial charge on any atom is 0.273 e. The maximum atomic E-state index is 12.5. The van der Waals surface area contributed by atoms with Crippen LogP contribution >= 0.6 is 23.2 Å². The van der Waals surface area contributed by atoms with Gasteiger partial charge in [0.15, 0.2) is 0 Å². The van der Waals surface area contributed by atoms with Crippen LogP contribution in [0.1, 0.15) is 10.5 Å². The number of nitrogens with zero attached hydrogens (tertiary/aromatic N) is 3. The summed E-state index contributed by atoms with van der Waals surface area (Å²) in [5.74, 6) is -0.499. The SMILES string of the molecule is O=C(Nc1ccc(S(=O)(=O)Nc2ncccn2)cc1)c1cc(-c2ccc(Cl)cc2Cl)n[nH]1. The van der Waals surface area contributed by atoms with Gasteiger partial charge < -0.3 is 5.32 Å². The Balaban J connectivity index is 1.46. The molecule has 0 unspecified atom stereocenters. The van der Waals surface area contributed by atoms with E-state index in [1.807, 2.05) is 0 Å². The van der Waals surface area contributed by atoms with Crippen molar-refractivity contribution in [2.45, 2.75) is 4.90 Å². The lowest BCUT2D eigenvalue weighted by Gasteiger charge is -2.08. The number of anilines is 2. The van der Waals surface area contributed by atoms with Gasteiger partial charge in [-0.2, -0.15) is 5.10 Å². The first kappa shape index (κ1) is 21.8. The van der Waals surface area contributed by atoms with Gasteiger partial charge >= 0.3 is 0 Å². The maximum absolute atomic E-state index is 12.5. The Labute approximate surface area is 192 Å². The summed E-state index contributed by atoms with van der Waals surface area (Å²) in [6, 6.07) is 13.7. The van der Waals surface area contributed by atoms with Crippen molar-refractivity contribution >= 4 is 50.8 Å². The van der Waals surface area contributed by atoms with Crippen LogP contribution in [0.4, 0.5) is 11.6 Å². The minimum absolute atomic E-state index is 0.0100. The largest absolute Gasteiger partial charge is 0.321 e. The molecule has 0 fully saturated rings. The van der Waals surface area contributed by atoms with Crippen LogP contribution < -0.4 is 10.0 Å². The van der Waals surface area contributed by atoms with E-state index in [1.54, 1.807) is 30.3 Å². The average molecular weight is 489 g/mol. The Hall–Kier alpha value is -3.47. The number of rotatable bonds is 6. The zero-order chi connectivity index (χ0) is 22.7. The van der Waals surface area contributed by atoms with Gasteiger partial charge in [0.05, 0.1) is 15.6 Å². The number of amides is 1. The van der Waals surface area contributed by atoms with Gasteiger partial charge in [-0.3, -0.25) is 9.89 Å². The van der Waals surface area contributed by atoms with Crippen LogP contribution in [0.3, 0.4) is 0 Å². The summed E-state index contributed by atoms with van der Waals surface area (Å²) in [6.45, 7) is 0. The topological polar surface area (TPSA) is 130 Å². The summed E-state index contributed by atoms with van der Waals surface area (Å²) in [4.78, 5) is 20.2. The Kier molecular flexibility index (Phi) is 6.08. The lowest BCUT2D eigenvalue weighted by Crippen LogP contribution is -2.15.